The molecular weight excluding hydrogens is 474 g/mol. The van der Waals surface area contributed by atoms with Crippen molar-refractivity contribution in [3.63, 3.8) is 0 Å². The lowest BCUT2D eigenvalue weighted by Crippen LogP contribution is -2.32. The van der Waals surface area contributed by atoms with Crippen LogP contribution in [0.15, 0.2) is 106 Å². The van der Waals surface area contributed by atoms with Gasteiger partial charge in [-0.2, -0.15) is 0 Å². The smallest absolute Gasteiger partial charge is 0.336 e. The first-order chi connectivity index (χ1) is 17.7. The predicted molar refractivity (Wildman–Crippen MR) is 142 cm³/mol. The minimum absolute atomic E-state index is 0.324. The summed E-state index contributed by atoms with van der Waals surface area (Å²) in [5, 5.41) is 1.27. The summed E-state index contributed by atoms with van der Waals surface area (Å²) in [5.41, 5.74) is 4.61. The minimum Gasteiger partial charge on any atom is -0.489 e. The molecule has 0 bridgehead atoms. The van der Waals surface area contributed by atoms with E-state index in [2.05, 4.69) is 4.90 Å². The zero-order valence-electron chi connectivity index (χ0n) is 19.3. The van der Waals surface area contributed by atoms with E-state index in [0.29, 0.717) is 36.2 Å². The Hall–Kier alpha value is -4.22. The average molecular weight is 496 g/mol. The monoisotopic (exact) mass is 495 g/mol. The summed E-state index contributed by atoms with van der Waals surface area (Å²) in [4.78, 5) is 14.6. The van der Waals surface area contributed by atoms with E-state index in [1.807, 2.05) is 91.0 Å². The lowest BCUT2D eigenvalue weighted by Gasteiger charge is -2.31. The Bertz CT molecular complexity index is 1580. The molecule has 0 saturated heterocycles. The fourth-order valence-electron chi connectivity index (χ4n) is 4.51. The maximum absolute atomic E-state index is 12.5. The van der Waals surface area contributed by atoms with Gasteiger partial charge >= 0.3 is 5.63 Å². The van der Waals surface area contributed by atoms with Crippen molar-refractivity contribution in [1.29, 1.82) is 0 Å². The third kappa shape index (κ3) is 4.30. The number of halogens is 1. The molecule has 5 aromatic rings. The Labute approximate surface area is 213 Å². The number of hydrogen-bond acceptors (Lipinski definition) is 5. The largest absolute Gasteiger partial charge is 0.489 e. The number of hydrogen-bond donors (Lipinski definition) is 0. The molecule has 0 N–H and O–H groups in total. The van der Waals surface area contributed by atoms with E-state index in [9.17, 15) is 4.79 Å². The second kappa shape index (κ2) is 9.44. The van der Waals surface area contributed by atoms with Crippen molar-refractivity contribution < 1.29 is 13.9 Å². The van der Waals surface area contributed by atoms with Crippen LogP contribution in [0.2, 0.25) is 5.02 Å². The maximum atomic E-state index is 12.5. The third-order valence-corrected chi connectivity index (χ3v) is 6.57. The van der Waals surface area contributed by atoms with Crippen LogP contribution in [0.4, 0.5) is 5.69 Å². The summed E-state index contributed by atoms with van der Waals surface area (Å²) >= 11 is 6.64. The number of rotatable bonds is 5. The molecule has 1 aliphatic rings. The van der Waals surface area contributed by atoms with Crippen LogP contribution in [-0.4, -0.2) is 6.73 Å². The van der Waals surface area contributed by atoms with Gasteiger partial charge < -0.3 is 18.8 Å². The average Bonchev–Trinajstić information content (AvgIpc) is 2.93. The Balaban J connectivity index is 1.31. The van der Waals surface area contributed by atoms with E-state index in [1.165, 1.54) is 6.07 Å². The normalized spacial score (nSPS) is 12.8. The molecule has 0 fully saturated rings. The first-order valence-corrected chi connectivity index (χ1v) is 12.0. The van der Waals surface area contributed by atoms with E-state index >= 15 is 0 Å². The molecule has 0 saturated carbocycles. The van der Waals surface area contributed by atoms with Crippen molar-refractivity contribution in [2.45, 2.75) is 13.2 Å². The standard InChI is InChI=1S/C30H22ClNO4/c31-27-15-25-24(21-9-5-2-6-10-21)16-28(33)36-29(25)26-17-32(19-35-30(26)27)22-11-13-23(14-12-22)34-18-20-7-3-1-4-8-20/h1-16H,17-19H2. The molecule has 1 aliphatic heterocycles. The molecule has 5 nitrogen and oxygen atoms in total. The van der Waals surface area contributed by atoms with Crippen LogP contribution in [0, 0.1) is 0 Å². The second-order valence-corrected chi connectivity index (χ2v) is 9.03. The van der Waals surface area contributed by atoms with Gasteiger partial charge in [-0.25, -0.2) is 4.79 Å². The molecule has 6 heteroatoms. The molecule has 0 spiro atoms. The molecule has 0 amide bonds. The molecular formula is C30H22ClNO4. The van der Waals surface area contributed by atoms with Crippen LogP contribution in [0.3, 0.4) is 0 Å². The number of benzene rings is 4. The molecule has 0 atom stereocenters. The molecule has 4 aromatic carbocycles. The molecule has 0 aliphatic carbocycles. The highest BCUT2D eigenvalue weighted by molar-refractivity contribution is 6.33. The van der Waals surface area contributed by atoms with Gasteiger partial charge in [-0.15, -0.1) is 0 Å². The number of ether oxygens (including phenoxy) is 2. The number of nitrogens with zero attached hydrogens (tertiary/aromatic N) is 1. The van der Waals surface area contributed by atoms with Crippen molar-refractivity contribution >= 4 is 28.3 Å². The van der Waals surface area contributed by atoms with E-state index in [1.54, 1.807) is 0 Å². The second-order valence-electron chi connectivity index (χ2n) is 8.63. The summed E-state index contributed by atoms with van der Waals surface area (Å²) in [6.45, 7) is 1.32. The van der Waals surface area contributed by atoms with Crippen LogP contribution >= 0.6 is 11.6 Å². The van der Waals surface area contributed by atoms with E-state index in [4.69, 9.17) is 25.5 Å². The summed E-state index contributed by atoms with van der Waals surface area (Å²) in [5.74, 6) is 1.34. The van der Waals surface area contributed by atoms with Crippen LogP contribution in [0.5, 0.6) is 11.5 Å². The van der Waals surface area contributed by atoms with Gasteiger partial charge in [-0.1, -0.05) is 72.3 Å². The Morgan fingerprint density at radius 1 is 0.889 bits per heavy atom. The van der Waals surface area contributed by atoms with Crippen molar-refractivity contribution in [2.75, 3.05) is 11.6 Å². The SMILES string of the molecule is O=c1cc(-c2ccccc2)c2cc(Cl)c3c(c2o1)CN(c1ccc(OCc2ccccc2)cc1)CO3. The van der Waals surface area contributed by atoms with E-state index in [0.717, 1.165) is 39.1 Å². The zero-order valence-corrected chi connectivity index (χ0v) is 20.1. The van der Waals surface area contributed by atoms with Gasteiger partial charge in [-0.3, -0.25) is 0 Å². The fraction of sp³-hybridized carbons (Fsp3) is 0.100. The van der Waals surface area contributed by atoms with Crippen molar-refractivity contribution in [3.05, 3.63) is 124 Å². The zero-order chi connectivity index (χ0) is 24.5. The summed E-state index contributed by atoms with van der Waals surface area (Å²) in [7, 11) is 0. The van der Waals surface area contributed by atoms with Crippen LogP contribution in [0.25, 0.3) is 22.1 Å². The van der Waals surface area contributed by atoms with Gasteiger partial charge in [0.1, 0.15) is 23.7 Å². The Morgan fingerprint density at radius 3 is 2.36 bits per heavy atom. The Kier molecular flexibility index (Phi) is 5.84. The summed E-state index contributed by atoms with van der Waals surface area (Å²) in [6.07, 6.45) is 0. The highest BCUT2D eigenvalue weighted by atomic mass is 35.5. The van der Waals surface area contributed by atoms with Gasteiger partial charge in [0.25, 0.3) is 0 Å². The molecule has 0 unspecified atom stereocenters. The quantitative estimate of drug-likeness (QED) is 0.244. The van der Waals surface area contributed by atoms with Crippen LogP contribution in [-0.2, 0) is 13.2 Å². The molecule has 178 valence electrons. The topological polar surface area (TPSA) is 51.9 Å². The molecule has 36 heavy (non-hydrogen) atoms. The Morgan fingerprint density at radius 2 is 1.61 bits per heavy atom. The lowest BCUT2D eigenvalue weighted by atomic mass is 9.99. The van der Waals surface area contributed by atoms with E-state index in [-0.39, 0.29) is 0 Å². The van der Waals surface area contributed by atoms with Crippen LogP contribution < -0.4 is 20.0 Å². The summed E-state index contributed by atoms with van der Waals surface area (Å²) in [6, 6.07) is 31.0. The first kappa shape index (κ1) is 22.3. The third-order valence-electron chi connectivity index (χ3n) is 6.28. The highest BCUT2D eigenvalue weighted by Crippen LogP contribution is 2.42. The number of anilines is 1. The lowest BCUT2D eigenvalue weighted by molar-refractivity contribution is 0.289. The molecule has 1 aromatic heterocycles. The predicted octanol–water partition coefficient (Wildman–Crippen LogP) is 7.05. The van der Waals surface area contributed by atoms with E-state index < -0.39 is 5.63 Å². The molecule has 0 radical (unpaired) electrons. The fourth-order valence-corrected chi connectivity index (χ4v) is 4.78. The van der Waals surface area contributed by atoms with Gasteiger partial charge in [0.2, 0.25) is 0 Å². The van der Waals surface area contributed by atoms with Crippen molar-refractivity contribution in [3.8, 4) is 22.6 Å². The van der Waals surface area contributed by atoms with Gasteiger partial charge in [-0.05, 0) is 47.0 Å². The molecule has 6 rings (SSSR count). The maximum Gasteiger partial charge on any atom is 0.336 e. The molecule has 2 heterocycles. The van der Waals surface area contributed by atoms with Crippen molar-refractivity contribution in [2.24, 2.45) is 0 Å². The van der Waals surface area contributed by atoms with Gasteiger partial charge in [0.15, 0.2) is 6.73 Å². The number of fused-ring (bicyclic) bond motifs is 3. The van der Waals surface area contributed by atoms with Crippen molar-refractivity contribution in [1.82, 2.24) is 0 Å². The minimum atomic E-state index is -0.414. The van der Waals surface area contributed by atoms with Gasteiger partial charge in [0.05, 0.1) is 17.1 Å². The summed E-state index contributed by atoms with van der Waals surface area (Å²) < 4.78 is 17.7. The van der Waals surface area contributed by atoms with Gasteiger partial charge in [0, 0.05) is 17.1 Å². The van der Waals surface area contributed by atoms with Crippen LogP contribution in [0.1, 0.15) is 11.1 Å². The first-order valence-electron chi connectivity index (χ1n) is 11.6. The highest BCUT2D eigenvalue weighted by Gasteiger charge is 2.26.